The van der Waals surface area contributed by atoms with Gasteiger partial charge in [0.05, 0.1) is 5.92 Å². The first-order valence-corrected chi connectivity index (χ1v) is 7.76. The molecule has 0 saturated heterocycles. The second-order valence-corrected chi connectivity index (χ2v) is 6.04. The lowest BCUT2D eigenvalue weighted by atomic mass is 10.0. The molecule has 2 nitrogen and oxygen atoms in total. The van der Waals surface area contributed by atoms with Crippen LogP contribution in [0.1, 0.15) is 85.0 Å². The molecule has 18 heavy (non-hydrogen) atoms. The van der Waals surface area contributed by atoms with Gasteiger partial charge in [-0.25, -0.2) is 0 Å². The lowest BCUT2D eigenvalue weighted by Crippen LogP contribution is -2.08. The SMILES string of the molecule is CC(C)CCCCCCCCCCC(C)C(=O)O. The quantitative estimate of drug-likeness (QED) is 0.483. The Morgan fingerprint density at radius 1 is 0.778 bits per heavy atom. The monoisotopic (exact) mass is 256 g/mol. The molecule has 0 radical (unpaired) electrons. The molecule has 0 aliphatic heterocycles. The summed E-state index contributed by atoms with van der Waals surface area (Å²) in [6.07, 6.45) is 12.6. The first-order valence-electron chi connectivity index (χ1n) is 7.76. The van der Waals surface area contributed by atoms with Crippen LogP contribution in [0, 0.1) is 11.8 Å². The standard InChI is InChI=1S/C16H32O2/c1-14(2)12-10-8-6-4-5-7-9-11-13-15(3)16(17)18/h14-15H,4-13H2,1-3H3,(H,17,18). The van der Waals surface area contributed by atoms with Gasteiger partial charge in [0.25, 0.3) is 0 Å². The van der Waals surface area contributed by atoms with Crippen molar-refractivity contribution in [1.82, 2.24) is 0 Å². The van der Waals surface area contributed by atoms with Gasteiger partial charge in [-0.2, -0.15) is 0 Å². The Morgan fingerprint density at radius 2 is 1.17 bits per heavy atom. The number of aliphatic carboxylic acids is 1. The lowest BCUT2D eigenvalue weighted by Gasteiger charge is -2.06. The van der Waals surface area contributed by atoms with Crippen molar-refractivity contribution in [2.75, 3.05) is 0 Å². The summed E-state index contributed by atoms with van der Waals surface area (Å²) in [5.74, 6) is 0.0300. The zero-order chi connectivity index (χ0) is 13.8. The van der Waals surface area contributed by atoms with E-state index < -0.39 is 5.97 Å². The molecule has 0 aliphatic rings. The van der Waals surface area contributed by atoms with E-state index in [0.717, 1.165) is 18.8 Å². The fraction of sp³-hybridized carbons (Fsp3) is 0.938. The number of unbranched alkanes of at least 4 members (excludes halogenated alkanes) is 7. The van der Waals surface area contributed by atoms with Crippen molar-refractivity contribution in [3.8, 4) is 0 Å². The fourth-order valence-electron chi connectivity index (χ4n) is 2.19. The predicted molar refractivity (Wildman–Crippen MR) is 77.8 cm³/mol. The van der Waals surface area contributed by atoms with Gasteiger partial charge in [0.15, 0.2) is 0 Å². The van der Waals surface area contributed by atoms with Gasteiger partial charge >= 0.3 is 5.97 Å². The number of carboxylic acid groups (broad SMARTS) is 1. The molecule has 0 aromatic carbocycles. The number of hydrogen-bond acceptors (Lipinski definition) is 1. The smallest absolute Gasteiger partial charge is 0.306 e. The van der Waals surface area contributed by atoms with Gasteiger partial charge in [-0.15, -0.1) is 0 Å². The van der Waals surface area contributed by atoms with Crippen LogP contribution in [0.4, 0.5) is 0 Å². The summed E-state index contributed by atoms with van der Waals surface area (Å²) in [7, 11) is 0. The summed E-state index contributed by atoms with van der Waals surface area (Å²) in [6.45, 7) is 6.38. The second-order valence-electron chi connectivity index (χ2n) is 6.04. The Kier molecular flexibility index (Phi) is 11.2. The van der Waals surface area contributed by atoms with E-state index in [9.17, 15) is 4.79 Å². The molecule has 0 heterocycles. The van der Waals surface area contributed by atoms with E-state index in [2.05, 4.69) is 13.8 Å². The average molecular weight is 256 g/mol. The molecule has 0 amide bonds. The first-order chi connectivity index (χ1) is 8.54. The molecule has 0 rings (SSSR count). The minimum Gasteiger partial charge on any atom is -0.481 e. The zero-order valence-corrected chi connectivity index (χ0v) is 12.6. The van der Waals surface area contributed by atoms with Crippen molar-refractivity contribution < 1.29 is 9.90 Å². The summed E-state index contributed by atoms with van der Waals surface area (Å²) < 4.78 is 0. The third-order valence-electron chi connectivity index (χ3n) is 3.59. The van der Waals surface area contributed by atoms with Crippen molar-refractivity contribution >= 4 is 5.97 Å². The molecule has 0 aromatic heterocycles. The topological polar surface area (TPSA) is 37.3 Å². The number of carboxylic acids is 1. The zero-order valence-electron chi connectivity index (χ0n) is 12.6. The summed E-state index contributed by atoms with van der Waals surface area (Å²) >= 11 is 0. The largest absolute Gasteiger partial charge is 0.481 e. The maximum Gasteiger partial charge on any atom is 0.306 e. The summed E-state index contributed by atoms with van der Waals surface area (Å²) in [5, 5.41) is 8.74. The van der Waals surface area contributed by atoms with Crippen LogP contribution in [0.5, 0.6) is 0 Å². The molecular weight excluding hydrogens is 224 g/mol. The molecular formula is C16H32O2. The van der Waals surface area contributed by atoms with Crippen LogP contribution >= 0.6 is 0 Å². The molecule has 0 spiro atoms. The Morgan fingerprint density at radius 3 is 1.56 bits per heavy atom. The van der Waals surface area contributed by atoms with E-state index in [0.29, 0.717) is 0 Å². The third kappa shape index (κ3) is 11.9. The molecule has 1 N–H and O–H groups in total. The summed E-state index contributed by atoms with van der Waals surface area (Å²) in [6, 6.07) is 0. The molecule has 2 heteroatoms. The highest BCUT2D eigenvalue weighted by atomic mass is 16.4. The van der Waals surface area contributed by atoms with Crippen LogP contribution < -0.4 is 0 Å². The number of hydrogen-bond donors (Lipinski definition) is 1. The van der Waals surface area contributed by atoms with Crippen LogP contribution in [0.15, 0.2) is 0 Å². The Bertz CT molecular complexity index is 199. The van der Waals surface area contributed by atoms with Crippen molar-refractivity contribution in [3.63, 3.8) is 0 Å². The predicted octanol–water partition coefficient (Wildman–Crippen LogP) is 5.26. The van der Waals surface area contributed by atoms with Crippen molar-refractivity contribution in [2.45, 2.75) is 85.0 Å². The molecule has 0 saturated carbocycles. The average Bonchev–Trinajstić information content (AvgIpc) is 2.30. The van der Waals surface area contributed by atoms with E-state index in [1.807, 2.05) is 0 Å². The van der Waals surface area contributed by atoms with E-state index in [-0.39, 0.29) is 5.92 Å². The van der Waals surface area contributed by atoms with Crippen molar-refractivity contribution in [2.24, 2.45) is 11.8 Å². The van der Waals surface area contributed by atoms with Gasteiger partial charge in [0.1, 0.15) is 0 Å². The lowest BCUT2D eigenvalue weighted by molar-refractivity contribution is -0.141. The molecule has 1 unspecified atom stereocenters. The summed E-state index contributed by atoms with van der Waals surface area (Å²) in [4.78, 5) is 10.6. The van der Waals surface area contributed by atoms with E-state index in [4.69, 9.17) is 5.11 Å². The summed E-state index contributed by atoms with van der Waals surface area (Å²) in [5.41, 5.74) is 0. The van der Waals surface area contributed by atoms with Crippen molar-refractivity contribution in [3.05, 3.63) is 0 Å². The molecule has 0 aliphatic carbocycles. The van der Waals surface area contributed by atoms with Crippen LogP contribution in [-0.4, -0.2) is 11.1 Å². The Balaban J connectivity index is 3.10. The van der Waals surface area contributed by atoms with E-state index in [1.54, 1.807) is 6.92 Å². The van der Waals surface area contributed by atoms with E-state index in [1.165, 1.54) is 51.4 Å². The van der Waals surface area contributed by atoms with Crippen LogP contribution in [0.2, 0.25) is 0 Å². The molecule has 0 aromatic rings. The maximum absolute atomic E-state index is 10.6. The first kappa shape index (κ1) is 17.5. The van der Waals surface area contributed by atoms with Gasteiger partial charge in [-0.1, -0.05) is 78.6 Å². The molecule has 0 fully saturated rings. The number of rotatable bonds is 12. The van der Waals surface area contributed by atoms with Crippen LogP contribution in [0.3, 0.4) is 0 Å². The van der Waals surface area contributed by atoms with Gasteiger partial charge in [-0.05, 0) is 12.3 Å². The minimum absolute atomic E-state index is 0.166. The maximum atomic E-state index is 10.6. The Hall–Kier alpha value is -0.530. The molecule has 1 atom stereocenters. The van der Waals surface area contributed by atoms with Crippen LogP contribution in [-0.2, 0) is 4.79 Å². The highest BCUT2D eigenvalue weighted by Crippen LogP contribution is 2.14. The number of carbonyl (C=O) groups is 1. The highest BCUT2D eigenvalue weighted by molar-refractivity contribution is 5.69. The van der Waals surface area contributed by atoms with Crippen LogP contribution in [0.25, 0.3) is 0 Å². The Labute approximate surface area is 113 Å². The van der Waals surface area contributed by atoms with E-state index >= 15 is 0 Å². The van der Waals surface area contributed by atoms with Gasteiger partial charge in [-0.3, -0.25) is 4.79 Å². The van der Waals surface area contributed by atoms with Gasteiger partial charge in [0, 0.05) is 0 Å². The normalized spacial score (nSPS) is 12.9. The highest BCUT2D eigenvalue weighted by Gasteiger charge is 2.09. The molecule has 0 bridgehead atoms. The molecule has 108 valence electrons. The van der Waals surface area contributed by atoms with Crippen molar-refractivity contribution in [1.29, 1.82) is 0 Å². The second kappa shape index (κ2) is 11.6. The minimum atomic E-state index is -0.653. The van der Waals surface area contributed by atoms with Gasteiger partial charge < -0.3 is 5.11 Å². The third-order valence-corrected chi connectivity index (χ3v) is 3.59. The fourth-order valence-corrected chi connectivity index (χ4v) is 2.19. The van der Waals surface area contributed by atoms with Gasteiger partial charge in [0.2, 0.25) is 0 Å².